The van der Waals surface area contributed by atoms with Gasteiger partial charge >= 0.3 is 0 Å². The monoisotopic (exact) mass is 386 g/mol. The summed E-state index contributed by atoms with van der Waals surface area (Å²) in [7, 11) is 0. The predicted molar refractivity (Wildman–Crippen MR) is 108 cm³/mol. The highest BCUT2D eigenvalue weighted by Crippen LogP contribution is 2.23. The van der Waals surface area contributed by atoms with Crippen molar-refractivity contribution in [2.24, 2.45) is 0 Å². The topological polar surface area (TPSA) is 55.8 Å². The van der Waals surface area contributed by atoms with Crippen LogP contribution in [0.25, 0.3) is 0 Å². The maximum Gasteiger partial charge on any atom is 0.227 e. The second kappa shape index (κ2) is 8.00. The van der Waals surface area contributed by atoms with Gasteiger partial charge in [0.25, 0.3) is 0 Å². The molecule has 1 aromatic carbocycles. The van der Waals surface area contributed by atoms with E-state index in [0.29, 0.717) is 0 Å². The Morgan fingerprint density at radius 3 is 2.30 bits per heavy atom. The quantitative estimate of drug-likeness (QED) is 0.746. The molecular weight excluding hydrogens is 364 g/mol. The maximum absolute atomic E-state index is 10.9. The summed E-state index contributed by atoms with van der Waals surface area (Å²) in [5.41, 5.74) is 1.17. The first kappa shape index (κ1) is 17.9. The lowest BCUT2D eigenvalue weighted by molar-refractivity contribution is -0.118. The second-order valence-corrected chi connectivity index (χ2v) is 7.23. The highest BCUT2D eigenvalue weighted by atomic mass is 35.5. The lowest BCUT2D eigenvalue weighted by atomic mass is 10.2. The lowest BCUT2D eigenvalue weighted by Crippen LogP contribution is -2.48. The van der Waals surface area contributed by atoms with Crippen molar-refractivity contribution in [3.63, 3.8) is 0 Å². The number of halogens is 1. The van der Waals surface area contributed by atoms with Crippen LogP contribution in [-0.2, 0) is 4.79 Å². The summed E-state index contributed by atoms with van der Waals surface area (Å²) in [5.74, 6) is 1.71. The molecule has 3 heterocycles. The van der Waals surface area contributed by atoms with Gasteiger partial charge < -0.3 is 19.6 Å². The molecule has 2 aliphatic heterocycles. The molecule has 0 bridgehead atoms. The molecule has 2 aromatic rings. The first-order valence-electron chi connectivity index (χ1n) is 9.26. The first-order valence-corrected chi connectivity index (χ1v) is 9.63. The Morgan fingerprint density at radius 2 is 1.59 bits per heavy atom. The minimum atomic E-state index is 0.718. The van der Waals surface area contributed by atoms with E-state index in [1.807, 2.05) is 30.5 Å². The SMILES string of the molecule is O=CN1CCN(c2nccc(N3CCN(c4cccc(Cl)c4)CC3)n2)CC1. The molecular formula is C19H23ClN6O. The van der Waals surface area contributed by atoms with Crippen LogP contribution < -0.4 is 14.7 Å². The van der Waals surface area contributed by atoms with Crippen LogP contribution in [0.5, 0.6) is 0 Å². The van der Waals surface area contributed by atoms with Gasteiger partial charge in [-0.05, 0) is 24.3 Å². The number of carbonyl (C=O) groups is 1. The van der Waals surface area contributed by atoms with Crippen molar-refractivity contribution in [2.45, 2.75) is 0 Å². The van der Waals surface area contributed by atoms with E-state index < -0.39 is 0 Å². The lowest BCUT2D eigenvalue weighted by Gasteiger charge is -2.37. The first-order chi connectivity index (χ1) is 13.2. The molecule has 0 atom stereocenters. The van der Waals surface area contributed by atoms with Crippen LogP contribution in [0.2, 0.25) is 5.02 Å². The number of nitrogens with zero attached hydrogens (tertiary/aromatic N) is 6. The largest absolute Gasteiger partial charge is 0.368 e. The molecule has 0 saturated carbocycles. The zero-order chi connectivity index (χ0) is 18.6. The molecule has 2 saturated heterocycles. The minimum absolute atomic E-state index is 0.718. The van der Waals surface area contributed by atoms with Gasteiger partial charge in [-0.3, -0.25) is 4.79 Å². The number of hydrogen-bond donors (Lipinski definition) is 0. The number of hydrogen-bond acceptors (Lipinski definition) is 6. The van der Waals surface area contributed by atoms with Gasteiger partial charge in [0.2, 0.25) is 12.4 Å². The molecule has 0 N–H and O–H groups in total. The van der Waals surface area contributed by atoms with Gasteiger partial charge in [-0.15, -0.1) is 0 Å². The number of amides is 1. The van der Waals surface area contributed by atoms with Gasteiger partial charge in [-0.25, -0.2) is 4.98 Å². The van der Waals surface area contributed by atoms with Crippen molar-refractivity contribution in [2.75, 3.05) is 67.1 Å². The van der Waals surface area contributed by atoms with Crippen molar-refractivity contribution in [3.8, 4) is 0 Å². The number of anilines is 3. The number of rotatable bonds is 4. The number of carbonyl (C=O) groups excluding carboxylic acids is 1. The highest BCUT2D eigenvalue weighted by Gasteiger charge is 2.21. The molecule has 2 aliphatic rings. The predicted octanol–water partition coefficient (Wildman–Crippen LogP) is 1.73. The van der Waals surface area contributed by atoms with Crippen LogP contribution in [0, 0.1) is 0 Å². The fourth-order valence-corrected chi connectivity index (χ4v) is 3.75. The molecule has 2 fully saturated rings. The van der Waals surface area contributed by atoms with Gasteiger partial charge in [0, 0.05) is 69.3 Å². The summed E-state index contributed by atoms with van der Waals surface area (Å²) in [5, 5.41) is 0.769. The normalized spacial score (nSPS) is 18.0. The molecule has 0 radical (unpaired) electrons. The van der Waals surface area contributed by atoms with Gasteiger partial charge in [0.05, 0.1) is 0 Å². The number of piperazine rings is 2. The molecule has 1 amide bonds. The average molecular weight is 387 g/mol. The zero-order valence-electron chi connectivity index (χ0n) is 15.2. The number of aromatic nitrogens is 2. The second-order valence-electron chi connectivity index (χ2n) is 6.80. The number of benzene rings is 1. The van der Waals surface area contributed by atoms with Crippen LogP contribution >= 0.6 is 11.6 Å². The smallest absolute Gasteiger partial charge is 0.227 e. The van der Waals surface area contributed by atoms with E-state index in [-0.39, 0.29) is 0 Å². The molecule has 0 aliphatic carbocycles. The summed E-state index contributed by atoms with van der Waals surface area (Å²) in [6.45, 7) is 6.64. The van der Waals surface area contributed by atoms with E-state index >= 15 is 0 Å². The Bertz CT molecular complexity index is 787. The third-order valence-corrected chi connectivity index (χ3v) is 5.39. The van der Waals surface area contributed by atoms with Gasteiger partial charge in [0.15, 0.2) is 0 Å². The summed E-state index contributed by atoms with van der Waals surface area (Å²) < 4.78 is 0. The minimum Gasteiger partial charge on any atom is -0.368 e. The Morgan fingerprint density at radius 1 is 0.889 bits per heavy atom. The van der Waals surface area contributed by atoms with Crippen LogP contribution in [0.1, 0.15) is 0 Å². The molecule has 4 rings (SSSR count). The fourth-order valence-electron chi connectivity index (χ4n) is 3.56. The van der Waals surface area contributed by atoms with Crippen molar-refractivity contribution in [1.82, 2.24) is 14.9 Å². The standard InChI is InChI=1S/C19H23ClN6O/c20-16-2-1-3-17(14-16)24-10-12-25(13-11-24)18-4-5-21-19(22-18)26-8-6-23(15-27)7-9-26/h1-5,14-15H,6-13H2. The van der Waals surface area contributed by atoms with E-state index in [2.05, 4.69) is 25.8 Å². The van der Waals surface area contributed by atoms with E-state index in [9.17, 15) is 4.79 Å². The summed E-state index contributed by atoms with van der Waals surface area (Å²) in [6, 6.07) is 9.98. The Kier molecular flexibility index (Phi) is 5.29. The Hall–Kier alpha value is -2.54. The van der Waals surface area contributed by atoms with Crippen LogP contribution in [0.4, 0.5) is 17.5 Å². The molecule has 27 heavy (non-hydrogen) atoms. The molecule has 0 unspecified atom stereocenters. The van der Waals surface area contributed by atoms with E-state index in [0.717, 1.165) is 75.6 Å². The Labute approximate surface area is 164 Å². The van der Waals surface area contributed by atoms with Gasteiger partial charge in [0.1, 0.15) is 5.82 Å². The third kappa shape index (κ3) is 4.08. The molecule has 7 nitrogen and oxygen atoms in total. The molecule has 142 valence electrons. The van der Waals surface area contributed by atoms with Crippen molar-refractivity contribution >= 4 is 35.5 Å². The van der Waals surface area contributed by atoms with Crippen LogP contribution in [0.15, 0.2) is 36.5 Å². The van der Waals surface area contributed by atoms with E-state index in [1.165, 1.54) is 5.69 Å². The molecule has 0 spiro atoms. The van der Waals surface area contributed by atoms with Crippen molar-refractivity contribution in [3.05, 3.63) is 41.6 Å². The zero-order valence-corrected chi connectivity index (χ0v) is 15.9. The van der Waals surface area contributed by atoms with E-state index in [1.54, 1.807) is 4.90 Å². The summed E-state index contributed by atoms with van der Waals surface area (Å²) in [4.78, 5) is 28.7. The molecule has 8 heteroatoms. The fraction of sp³-hybridized carbons (Fsp3) is 0.421. The van der Waals surface area contributed by atoms with Crippen LogP contribution in [0.3, 0.4) is 0 Å². The Balaban J connectivity index is 1.39. The van der Waals surface area contributed by atoms with Gasteiger partial charge in [-0.2, -0.15) is 4.98 Å². The van der Waals surface area contributed by atoms with Gasteiger partial charge in [-0.1, -0.05) is 17.7 Å². The van der Waals surface area contributed by atoms with Crippen molar-refractivity contribution < 1.29 is 4.79 Å². The highest BCUT2D eigenvalue weighted by molar-refractivity contribution is 6.30. The van der Waals surface area contributed by atoms with Crippen LogP contribution in [-0.4, -0.2) is 73.6 Å². The third-order valence-electron chi connectivity index (χ3n) is 5.15. The summed E-state index contributed by atoms with van der Waals surface area (Å²) >= 11 is 6.12. The van der Waals surface area contributed by atoms with E-state index in [4.69, 9.17) is 16.6 Å². The van der Waals surface area contributed by atoms with Crippen molar-refractivity contribution in [1.29, 1.82) is 0 Å². The summed E-state index contributed by atoms with van der Waals surface area (Å²) in [6.07, 6.45) is 2.74. The maximum atomic E-state index is 10.9. The average Bonchev–Trinajstić information content (AvgIpc) is 2.74. The molecule has 1 aromatic heterocycles.